The fourth-order valence-corrected chi connectivity index (χ4v) is 4.28. The van der Waals surface area contributed by atoms with E-state index in [1.165, 1.54) is 4.31 Å². The van der Waals surface area contributed by atoms with Gasteiger partial charge in [0, 0.05) is 25.7 Å². The molecule has 6 heteroatoms. The zero-order chi connectivity index (χ0) is 14.8. The average Bonchev–Trinajstić information content (AvgIpc) is 2.47. The molecule has 0 amide bonds. The maximum absolute atomic E-state index is 12.8. The summed E-state index contributed by atoms with van der Waals surface area (Å²) >= 11 is 0. The van der Waals surface area contributed by atoms with Gasteiger partial charge in [0.2, 0.25) is 10.0 Å². The van der Waals surface area contributed by atoms with Crippen molar-refractivity contribution in [2.24, 2.45) is 0 Å². The summed E-state index contributed by atoms with van der Waals surface area (Å²) in [6, 6.07) is 7.00. The molecule has 0 aliphatic carbocycles. The number of aryl methyl sites for hydroxylation is 1. The number of hydrogen-bond acceptors (Lipinski definition) is 4. The predicted octanol–water partition coefficient (Wildman–Crippen LogP) is 0.546. The molecule has 1 aliphatic rings. The van der Waals surface area contributed by atoms with Crippen molar-refractivity contribution in [2.45, 2.75) is 24.3 Å². The lowest BCUT2D eigenvalue weighted by molar-refractivity contribution is 0.0923. The van der Waals surface area contributed by atoms with Gasteiger partial charge in [-0.3, -0.25) is 4.90 Å². The third kappa shape index (κ3) is 2.88. The summed E-state index contributed by atoms with van der Waals surface area (Å²) in [4.78, 5) is 2.39. The Labute approximate surface area is 120 Å². The molecule has 112 valence electrons. The highest BCUT2D eigenvalue weighted by atomic mass is 32.2. The Balaban J connectivity index is 2.31. The van der Waals surface area contributed by atoms with Crippen LogP contribution in [0.15, 0.2) is 29.2 Å². The lowest BCUT2D eigenvalue weighted by Gasteiger charge is -2.37. The monoisotopic (exact) mass is 298 g/mol. The molecule has 2 rings (SSSR count). The van der Waals surface area contributed by atoms with Crippen LogP contribution in [0.2, 0.25) is 0 Å². The molecule has 0 radical (unpaired) electrons. The molecule has 0 saturated carbocycles. The highest BCUT2D eigenvalue weighted by Crippen LogP contribution is 2.23. The Hall–Kier alpha value is -0.950. The van der Waals surface area contributed by atoms with Crippen molar-refractivity contribution >= 4 is 10.0 Å². The van der Waals surface area contributed by atoms with Crippen molar-refractivity contribution < 1.29 is 13.5 Å². The lowest BCUT2D eigenvalue weighted by Crippen LogP contribution is -2.54. The number of nitrogens with zero attached hydrogens (tertiary/aromatic N) is 2. The first kappa shape index (κ1) is 15.4. The predicted molar refractivity (Wildman–Crippen MR) is 78.1 cm³/mol. The summed E-state index contributed by atoms with van der Waals surface area (Å²) < 4.78 is 27.0. The Morgan fingerprint density at radius 3 is 2.65 bits per heavy atom. The molecule has 1 aromatic rings. The van der Waals surface area contributed by atoms with Gasteiger partial charge in [0.15, 0.2) is 0 Å². The molecule has 0 spiro atoms. The molecular weight excluding hydrogens is 276 g/mol. The first-order valence-corrected chi connectivity index (χ1v) is 8.33. The normalized spacial score (nSPS) is 22.1. The Bertz CT molecular complexity index is 559. The van der Waals surface area contributed by atoms with Gasteiger partial charge in [-0.05, 0) is 25.1 Å². The van der Waals surface area contributed by atoms with Crippen LogP contribution in [-0.2, 0) is 16.4 Å². The SMILES string of the molecule is CCc1ccccc1S(=O)(=O)N1CCN(C)C(CO)C1. The van der Waals surface area contributed by atoms with Gasteiger partial charge in [-0.1, -0.05) is 25.1 Å². The largest absolute Gasteiger partial charge is 0.395 e. The molecule has 20 heavy (non-hydrogen) atoms. The van der Waals surface area contributed by atoms with E-state index in [0.29, 0.717) is 31.0 Å². The molecule has 1 aromatic carbocycles. The molecule has 0 aromatic heterocycles. The average molecular weight is 298 g/mol. The molecule has 1 N–H and O–H groups in total. The van der Waals surface area contributed by atoms with Crippen LogP contribution in [0.4, 0.5) is 0 Å². The summed E-state index contributed by atoms with van der Waals surface area (Å²) in [6.07, 6.45) is 0.687. The first-order chi connectivity index (χ1) is 9.50. The fourth-order valence-electron chi connectivity index (χ4n) is 2.52. The minimum atomic E-state index is -3.48. The highest BCUT2D eigenvalue weighted by Gasteiger charge is 2.33. The number of aliphatic hydroxyl groups is 1. The number of sulfonamides is 1. The number of hydrogen-bond donors (Lipinski definition) is 1. The second-order valence-electron chi connectivity index (χ2n) is 5.14. The van der Waals surface area contributed by atoms with Crippen LogP contribution in [0.3, 0.4) is 0 Å². The van der Waals surface area contributed by atoms with Gasteiger partial charge in [0.25, 0.3) is 0 Å². The fraction of sp³-hybridized carbons (Fsp3) is 0.571. The second-order valence-corrected chi connectivity index (χ2v) is 7.05. The van der Waals surface area contributed by atoms with Crippen molar-refractivity contribution in [1.82, 2.24) is 9.21 Å². The van der Waals surface area contributed by atoms with E-state index in [1.807, 2.05) is 31.0 Å². The van der Waals surface area contributed by atoms with Crippen LogP contribution in [0.1, 0.15) is 12.5 Å². The quantitative estimate of drug-likeness (QED) is 0.882. The second kappa shape index (κ2) is 6.22. The van der Waals surface area contributed by atoms with E-state index in [1.54, 1.807) is 12.1 Å². The summed E-state index contributed by atoms with van der Waals surface area (Å²) in [5.74, 6) is 0. The molecule has 1 saturated heterocycles. The van der Waals surface area contributed by atoms with Gasteiger partial charge < -0.3 is 5.11 Å². The summed E-state index contributed by atoms with van der Waals surface area (Å²) in [5.41, 5.74) is 0.840. The van der Waals surface area contributed by atoms with E-state index in [0.717, 1.165) is 5.56 Å². The van der Waals surface area contributed by atoms with Crippen molar-refractivity contribution in [3.8, 4) is 0 Å². The van der Waals surface area contributed by atoms with Gasteiger partial charge in [0.05, 0.1) is 11.5 Å². The van der Waals surface area contributed by atoms with E-state index in [-0.39, 0.29) is 12.6 Å². The van der Waals surface area contributed by atoms with Crippen LogP contribution < -0.4 is 0 Å². The molecule has 1 heterocycles. The zero-order valence-electron chi connectivity index (χ0n) is 12.0. The maximum Gasteiger partial charge on any atom is 0.243 e. The Kier molecular flexibility index (Phi) is 4.80. The van der Waals surface area contributed by atoms with E-state index in [4.69, 9.17) is 0 Å². The Morgan fingerprint density at radius 2 is 2.00 bits per heavy atom. The number of likely N-dealkylation sites (N-methyl/N-ethyl adjacent to an activating group) is 1. The first-order valence-electron chi connectivity index (χ1n) is 6.89. The third-order valence-electron chi connectivity index (χ3n) is 3.92. The van der Waals surface area contributed by atoms with Gasteiger partial charge in [-0.15, -0.1) is 0 Å². The summed E-state index contributed by atoms with van der Waals surface area (Å²) in [5, 5.41) is 9.35. The number of benzene rings is 1. The molecule has 1 fully saturated rings. The topological polar surface area (TPSA) is 60.9 Å². The maximum atomic E-state index is 12.8. The molecule has 1 atom stereocenters. The Morgan fingerprint density at radius 1 is 1.30 bits per heavy atom. The van der Waals surface area contributed by atoms with Crippen LogP contribution in [-0.4, -0.2) is 62.1 Å². The number of piperazine rings is 1. The molecule has 1 aliphatic heterocycles. The lowest BCUT2D eigenvalue weighted by atomic mass is 10.2. The van der Waals surface area contributed by atoms with Crippen molar-refractivity contribution in [1.29, 1.82) is 0 Å². The van der Waals surface area contributed by atoms with Gasteiger partial charge in [-0.2, -0.15) is 4.31 Å². The summed E-state index contributed by atoms with van der Waals surface area (Å²) in [6.45, 7) is 3.37. The minimum Gasteiger partial charge on any atom is -0.395 e. The molecule has 1 unspecified atom stereocenters. The van der Waals surface area contributed by atoms with Gasteiger partial charge in [-0.25, -0.2) is 8.42 Å². The standard InChI is InChI=1S/C14H22N2O3S/c1-3-12-6-4-5-7-14(12)20(18,19)16-9-8-15(2)13(10-16)11-17/h4-7,13,17H,3,8-11H2,1-2H3. The van der Waals surface area contributed by atoms with Crippen molar-refractivity contribution in [3.05, 3.63) is 29.8 Å². The minimum absolute atomic E-state index is 0.0298. The molecule has 5 nitrogen and oxygen atoms in total. The van der Waals surface area contributed by atoms with Crippen LogP contribution in [0.25, 0.3) is 0 Å². The smallest absolute Gasteiger partial charge is 0.243 e. The van der Waals surface area contributed by atoms with E-state index < -0.39 is 10.0 Å². The zero-order valence-corrected chi connectivity index (χ0v) is 12.8. The number of aliphatic hydroxyl groups excluding tert-OH is 1. The van der Waals surface area contributed by atoms with Crippen molar-refractivity contribution in [3.63, 3.8) is 0 Å². The van der Waals surface area contributed by atoms with Crippen LogP contribution in [0, 0.1) is 0 Å². The summed E-state index contributed by atoms with van der Waals surface area (Å²) in [7, 11) is -1.57. The highest BCUT2D eigenvalue weighted by molar-refractivity contribution is 7.89. The van der Waals surface area contributed by atoms with E-state index in [9.17, 15) is 13.5 Å². The van der Waals surface area contributed by atoms with Crippen LogP contribution >= 0.6 is 0 Å². The van der Waals surface area contributed by atoms with Gasteiger partial charge >= 0.3 is 0 Å². The van der Waals surface area contributed by atoms with E-state index >= 15 is 0 Å². The van der Waals surface area contributed by atoms with Gasteiger partial charge in [0.1, 0.15) is 0 Å². The third-order valence-corrected chi connectivity index (χ3v) is 5.89. The van der Waals surface area contributed by atoms with Crippen LogP contribution in [0.5, 0.6) is 0 Å². The van der Waals surface area contributed by atoms with E-state index in [2.05, 4.69) is 0 Å². The molecular formula is C14H22N2O3S. The number of rotatable bonds is 4. The van der Waals surface area contributed by atoms with Crippen molar-refractivity contribution in [2.75, 3.05) is 33.3 Å². The molecule has 0 bridgehead atoms.